The zero-order chi connectivity index (χ0) is 28.1. The topological polar surface area (TPSA) is 94.0 Å². The van der Waals surface area contributed by atoms with Gasteiger partial charge in [0.2, 0.25) is 11.8 Å². The van der Waals surface area contributed by atoms with E-state index in [0.717, 1.165) is 57.8 Å². The summed E-state index contributed by atoms with van der Waals surface area (Å²) in [4.78, 5) is 21.2. The van der Waals surface area contributed by atoms with Gasteiger partial charge in [-0.1, -0.05) is 60.1 Å². The maximum Gasteiger partial charge on any atom is 0.267 e. The normalized spacial score (nSPS) is 13.5. The Hall–Kier alpha value is -3.66. The van der Waals surface area contributed by atoms with Crippen LogP contribution >= 0.6 is 34.7 Å². The van der Waals surface area contributed by atoms with Crippen LogP contribution in [0.3, 0.4) is 0 Å². The molecule has 7 nitrogen and oxygen atoms in total. The van der Waals surface area contributed by atoms with Crippen molar-refractivity contribution in [2.24, 2.45) is 0 Å². The highest BCUT2D eigenvalue weighted by Gasteiger charge is 2.23. The van der Waals surface area contributed by atoms with E-state index >= 15 is 0 Å². The van der Waals surface area contributed by atoms with Gasteiger partial charge in [-0.05, 0) is 73.4 Å². The molecule has 0 saturated carbocycles. The quantitative estimate of drug-likeness (QED) is 0.122. The Labute approximate surface area is 248 Å². The fraction of sp³-hybridized carbons (Fsp3) is 0.226. The monoisotopic (exact) mass is 600 g/mol. The lowest BCUT2D eigenvalue weighted by molar-refractivity contribution is 0.481. The zero-order valence-electron chi connectivity index (χ0n) is 22.2. The molecule has 41 heavy (non-hydrogen) atoms. The van der Waals surface area contributed by atoms with Gasteiger partial charge in [0.25, 0.3) is 5.56 Å². The summed E-state index contributed by atoms with van der Waals surface area (Å²) in [5.41, 5.74) is 3.33. The van der Waals surface area contributed by atoms with Crippen LogP contribution in [0.2, 0.25) is 5.02 Å². The van der Waals surface area contributed by atoms with Gasteiger partial charge >= 0.3 is 0 Å². The molecule has 1 aliphatic carbocycles. The van der Waals surface area contributed by atoms with Gasteiger partial charge in [-0.3, -0.25) is 9.36 Å². The number of rotatable bonds is 5. The number of hydrogen-bond acceptors (Lipinski definition) is 8. The number of fused-ring (bicyclic) bond motifs is 4. The number of thiophene rings is 1. The van der Waals surface area contributed by atoms with E-state index in [1.807, 2.05) is 55.5 Å². The molecule has 3 aromatic carbocycles. The maximum absolute atomic E-state index is 14.1. The minimum absolute atomic E-state index is 0.0744. The molecule has 0 amide bonds. The highest BCUT2D eigenvalue weighted by atomic mass is 35.5. The molecule has 3 heterocycles. The molecule has 0 aliphatic heterocycles. The summed E-state index contributed by atoms with van der Waals surface area (Å²) in [7, 11) is 0. The maximum atomic E-state index is 14.1. The van der Waals surface area contributed by atoms with Crippen LogP contribution in [0.4, 0.5) is 0 Å². The van der Waals surface area contributed by atoms with E-state index in [1.54, 1.807) is 22.0 Å². The van der Waals surface area contributed by atoms with Crippen molar-refractivity contribution in [1.29, 1.82) is 0 Å². The lowest BCUT2D eigenvalue weighted by Crippen LogP contribution is -2.22. The van der Waals surface area contributed by atoms with E-state index in [0.29, 0.717) is 39.0 Å². The average Bonchev–Trinajstić information content (AvgIpc) is 3.51. The molecule has 0 spiro atoms. The highest BCUT2D eigenvalue weighted by molar-refractivity contribution is 7.98. The summed E-state index contributed by atoms with van der Waals surface area (Å²) in [6.45, 7) is 1.94. The molecule has 206 valence electrons. The molecule has 1 aliphatic rings. The molecule has 0 radical (unpaired) electrons. The van der Waals surface area contributed by atoms with Gasteiger partial charge in [0, 0.05) is 20.8 Å². The van der Waals surface area contributed by atoms with Crippen molar-refractivity contribution in [2.45, 2.75) is 49.9 Å². The summed E-state index contributed by atoms with van der Waals surface area (Å²) < 4.78 is 7.65. The Bertz CT molecular complexity index is 2010. The third kappa shape index (κ3) is 4.81. The molecule has 3 aromatic heterocycles. The first kappa shape index (κ1) is 26.3. The number of aromatic nitrogens is 4. The van der Waals surface area contributed by atoms with Gasteiger partial charge in [0.15, 0.2) is 5.16 Å². The third-order valence-corrected chi connectivity index (χ3v) is 10.0. The third-order valence-electron chi connectivity index (χ3n) is 7.50. The predicted octanol–water partition coefficient (Wildman–Crippen LogP) is 7.88. The van der Waals surface area contributed by atoms with E-state index in [4.69, 9.17) is 21.0 Å². The lowest BCUT2D eigenvalue weighted by atomic mass is 10.1. The Morgan fingerprint density at radius 3 is 2.80 bits per heavy atom. The van der Waals surface area contributed by atoms with Gasteiger partial charge in [0.1, 0.15) is 10.6 Å². The van der Waals surface area contributed by atoms with Crippen molar-refractivity contribution in [3.05, 3.63) is 91.9 Å². The van der Waals surface area contributed by atoms with Crippen LogP contribution in [0.5, 0.6) is 5.75 Å². The van der Waals surface area contributed by atoms with E-state index in [1.165, 1.54) is 23.1 Å². The average molecular weight is 601 g/mol. The Balaban J connectivity index is 1.27. The largest absolute Gasteiger partial charge is 0.507 e. The summed E-state index contributed by atoms with van der Waals surface area (Å²) in [6.07, 6.45) is 5.29. The van der Waals surface area contributed by atoms with Crippen LogP contribution in [0.25, 0.3) is 38.1 Å². The summed E-state index contributed by atoms with van der Waals surface area (Å²) in [5.74, 6) is 1.17. The van der Waals surface area contributed by atoms with Gasteiger partial charge in [-0.25, -0.2) is 4.98 Å². The van der Waals surface area contributed by atoms with Crippen molar-refractivity contribution in [1.82, 2.24) is 19.7 Å². The molecule has 0 saturated heterocycles. The second-order valence-corrected chi connectivity index (χ2v) is 12.7. The van der Waals surface area contributed by atoms with Crippen molar-refractivity contribution in [2.75, 3.05) is 0 Å². The van der Waals surface area contributed by atoms with Crippen LogP contribution in [0, 0.1) is 6.92 Å². The molecule has 0 unspecified atom stereocenters. The fourth-order valence-corrected chi connectivity index (χ4v) is 7.70. The molecule has 6 aromatic rings. The van der Waals surface area contributed by atoms with E-state index < -0.39 is 0 Å². The van der Waals surface area contributed by atoms with Crippen molar-refractivity contribution >= 4 is 55.7 Å². The van der Waals surface area contributed by atoms with Gasteiger partial charge in [-0.2, -0.15) is 0 Å². The molecule has 7 rings (SSSR count). The first-order chi connectivity index (χ1) is 20.0. The molecule has 1 N–H and O–H groups in total. The van der Waals surface area contributed by atoms with Gasteiger partial charge < -0.3 is 9.52 Å². The Morgan fingerprint density at radius 1 is 1.07 bits per heavy atom. The molecular weight excluding hydrogens is 576 g/mol. The first-order valence-corrected chi connectivity index (χ1v) is 15.7. The number of aryl methyl sites for hydroxylation is 3. The highest BCUT2D eigenvalue weighted by Crippen LogP contribution is 2.36. The number of benzene rings is 3. The standard InChI is InChI=1S/C31H25ClN4O3S2/c1-17-11-12-20(15-23(17)32)36-30(38)27-22-9-3-2-4-10-25(22)41-29(27)33-31(36)40-16-26-34-35-28(39-26)19-13-18-7-5-6-8-21(18)24(37)14-19/h5-8,11-15,37H,2-4,9-10,16H2,1H3. The Morgan fingerprint density at radius 2 is 1.93 bits per heavy atom. The van der Waals surface area contributed by atoms with E-state index in [2.05, 4.69) is 10.2 Å². The number of thioether (sulfide) groups is 1. The predicted molar refractivity (Wildman–Crippen MR) is 165 cm³/mol. The number of halogens is 1. The van der Waals surface area contributed by atoms with Crippen molar-refractivity contribution in [3.8, 4) is 22.9 Å². The van der Waals surface area contributed by atoms with Crippen LogP contribution in [0.1, 0.15) is 41.2 Å². The molecule has 0 bridgehead atoms. The number of hydrogen-bond donors (Lipinski definition) is 1. The van der Waals surface area contributed by atoms with Gasteiger partial charge in [0.05, 0.1) is 16.8 Å². The number of nitrogens with zero attached hydrogens (tertiary/aromatic N) is 4. The van der Waals surface area contributed by atoms with Crippen molar-refractivity contribution in [3.63, 3.8) is 0 Å². The number of phenolic OH excluding ortho intramolecular Hbond substituents is 1. The molecule has 10 heteroatoms. The number of aromatic hydroxyl groups is 1. The Kier molecular flexibility index (Phi) is 6.81. The minimum atomic E-state index is -0.0744. The number of phenols is 1. The van der Waals surface area contributed by atoms with E-state index in [-0.39, 0.29) is 11.3 Å². The van der Waals surface area contributed by atoms with Crippen LogP contribution in [0.15, 0.2) is 69.0 Å². The zero-order valence-corrected chi connectivity index (χ0v) is 24.6. The SMILES string of the molecule is Cc1ccc(-n2c(SCc3nnc(-c4cc(O)c5ccccc5c4)o3)nc3sc4c(c3c2=O)CCCCC4)cc1Cl. The van der Waals surface area contributed by atoms with Crippen LogP contribution < -0.4 is 5.56 Å². The van der Waals surface area contributed by atoms with Crippen LogP contribution in [-0.4, -0.2) is 24.9 Å². The van der Waals surface area contributed by atoms with Gasteiger partial charge in [-0.15, -0.1) is 21.5 Å². The summed E-state index contributed by atoms with van der Waals surface area (Å²) >= 11 is 9.50. The lowest BCUT2D eigenvalue weighted by Gasteiger charge is -2.13. The molecule has 0 fully saturated rings. The van der Waals surface area contributed by atoms with E-state index in [9.17, 15) is 9.90 Å². The molecule has 0 atom stereocenters. The smallest absolute Gasteiger partial charge is 0.267 e. The summed E-state index contributed by atoms with van der Waals surface area (Å²) in [6, 6.07) is 16.8. The minimum Gasteiger partial charge on any atom is -0.507 e. The fourth-order valence-electron chi connectivity index (χ4n) is 5.38. The second-order valence-electron chi connectivity index (χ2n) is 10.2. The second kappa shape index (κ2) is 10.6. The molecular formula is C31H25ClN4O3S2. The van der Waals surface area contributed by atoms with Crippen LogP contribution in [-0.2, 0) is 18.6 Å². The first-order valence-electron chi connectivity index (χ1n) is 13.5. The summed E-state index contributed by atoms with van der Waals surface area (Å²) in [5, 5.41) is 22.5. The van der Waals surface area contributed by atoms with Crippen molar-refractivity contribution < 1.29 is 9.52 Å².